The van der Waals surface area contributed by atoms with Gasteiger partial charge in [0.05, 0.1) is 12.7 Å². The largest absolute Gasteiger partial charge is 0.376 e. The van der Waals surface area contributed by atoms with Crippen LogP contribution in [0.15, 0.2) is 0 Å². The Morgan fingerprint density at radius 1 is 1.24 bits per heavy atom. The maximum atomic E-state index is 5.74. The smallest absolute Gasteiger partial charge is 0.0674 e. The van der Waals surface area contributed by atoms with Gasteiger partial charge in [-0.1, -0.05) is 19.8 Å². The Kier molecular flexibility index (Phi) is 4.83. The molecule has 0 radical (unpaired) electrons. The van der Waals surface area contributed by atoms with Gasteiger partial charge >= 0.3 is 0 Å². The van der Waals surface area contributed by atoms with Crippen LogP contribution in [0.2, 0.25) is 0 Å². The molecule has 1 aliphatic heterocycles. The van der Waals surface area contributed by atoms with E-state index in [9.17, 15) is 0 Å². The number of morpholine rings is 1. The number of likely N-dealkylation sites (N-methyl/N-ethyl adjacent to an activating group) is 1. The highest BCUT2D eigenvalue weighted by Gasteiger charge is 2.35. The average molecular weight is 240 g/mol. The van der Waals surface area contributed by atoms with E-state index >= 15 is 0 Å². The van der Waals surface area contributed by atoms with E-state index in [1.54, 1.807) is 0 Å². The molecule has 0 aromatic heterocycles. The topological polar surface area (TPSA) is 24.5 Å². The minimum absolute atomic E-state index is 0.399. The molecule has 1 saturated carbocycles. The molecular formula is C14H28N2O. The second kappa shape index (κ2) is 6.17. The van der Waals surface area contributed by atoms with Crippen molar-refractivity contribution in [2.45, 2.75) is 70.7 Å². The zero-order valence-corrected chi connectivity index (χ0v) is 11.6. The van der Waals surface area contributed by atoms with Crippen molar-refractivity contribution in [3.63, 3.8) is 0 Å². The van der Waals surface area contributed by atoms with Gasteiger partial charge in [0.2, 0.25) is 0 Å². The Hall–Kier alpha value is -0.120. The van der Waals surface area contributed by atoms with Crippen LogP contribution in [0, 0.1) is 0 Å². The van der Waals surface area contributed by atoms with E-state index in [-0.39, 0.29) is 0 Å². The normalized spacial score (nSPS) is 40.4. The predicted octanol–water partition coefficient (Wildman–Crippen LogP) is 2.02. The lowest BCUT2D eigenvalue weighted by atomic mass is 9.88. The molecule has 2 aliphatic rings. The predicted molar refractivity (Wildman–Crippen MR) is 71.3 cm³/mol. The van der Waals surface area contributed by atoms with E-state index in [4.69, 9.17) is 4.74 Å². The van der Waals surface area contributed by atoms with Gasteiger partial charge in [0.1, 0.15) is 0 Å². The molecule has 1 N–H and O–H groups in total. The van der Waals surface area contributed by atoms with E-state index in [1.807, 2.05) is 0 Å². The summed E-state index contributed by atoms with van der Waals surface area (Å²) >= 11 is 0. The SMILES string of the molecule is CCNC1CCCCC1N1CC(C)OCC1C. The first-order valence-corrected chi connectivity index (χ1v) is 7.33. The van der Waals surface area contributed by atoms with Crippen LogP contribution in [0.5, 0.6) is 0 Å². The van der Waals surface area contributed by atoms with Gasteiger partial charge in [-0.05, 0) is 33.2 Å². The van der Waals surface area contributed by atoms with Gasteiger partial charge in [0.25, 0.3) is 0 Å². The number of hydrogen-bond donors (Lipinski definition) is 1. The summed E-state index contributed by atoms with van der Waals surface area (Å²) in [5.41, 5.74) is 0. The molecule has 2 fully saturated rings. The number of nitrogens with zero attached hydrogens (tertiary/aromatic N) is 1. The molecule has 4 unspecified atom stereocenters. The fourth-order valence-electron chi connectivity index (χ4n) is 3.40. The first-order chi connectivity index (χ1) is 8.22. The van der Waals surface area contributed by atoms with E-state index in [2.05, 4.69) is 31.0 Å². The summed E-state index contributed by atoms with van der Waals surface area (Å²) < 4.78 is 5.74. The van der Waals surface area contributed by atoms with Crippen molar-refractivity contribution in [3.8, 4) is 0 Å². The maximum absolute atomic E-state index is 5.74. The first kappa shape index (κ1) is 13.3. The lowest BCUT2D eigenvalue weighted by molar-refractivity contribution is -0.0761. The Morgan fingerprint density at radius 2 is 2.00 bits per heavy atom. The fraction of sp³-hybridized carbons (Fsp3) is 1.00. The monoisotopic (exact) mass is 240 g/mol. The first-order valence-electron chi connectivity index (χ1n) is 7.33. The molecule has 1 heterocycles. The van der Waals surface area contributed by atoms with Gasteiger partial charge in [-0.15, -0.1) is 0 Å². The van der Waals surface area contributed by atoms with E-state index in [0.717, 1.165) is 25.7 Å². The third-order valence-electron chi connectivity index (χ3n) is 4.28. The summed E-state index contributed by atoms with van der Waals surface area (Å²) in [6.07, 6.45) is 5.88. The number of nitrogens with one attached hydrogen (secondary N) is 1. The Labute approximate surface area is 106 Å². The molecule has 2 rings (SSSR count). The summed E-state index contributed by atoms with van der Waals surface area (Å²) in [6, 6.07) is 2.00. The molecule has 17 heavy (non-hydrogen) atoms. The summed E-state index contributed by atoms with van der Waals surface area (Å²) in [6.45, 7) is 9.82. The highest BCUT2D eigenvalue weighted by Crippen LogP contribution is 2.27. The van der Waals surface area contributed by atoms with Crippen LogP contribution in [0.25, 0.3) is 0 Å². The van der Waals surface area contributed by atoms with Crippen LogP contribution in [0.4, 0.5) is 0 Å². The molecule has 0 amide bonds. The lowest BCUT2D eigenvalue weighted by Gasteiger charge is -2.46. The van der Waals surface area contributed by atoms with Gasteiger partial charge in [-0.3, -0.25) is 4.90 Å². The average Bonchev–Trinajstić information content (AvgIpc) is 2.34. The van der Waals surface area contributed by atoms with E-state index in [0.29, 0.717) is 18.2 Å². The van der Waals surface area contributed by atoms with Crippen LogP contribution < -0.4 is 5.32 Å². The van der Waals surface area contributed by atoms with Gasteiger partial charge in [-0.25, -0.2) is 0 Å². The van der Waals surface area contributed by atoms with Crippen molar-refractivity contribution in [2.24, 2.45) is 0 Å². The molecule has 4 atom stereocenters. The van der Waals surface area contributed by atoms with Gasteiger partial charge in [0, 0.05) is 24.7 Å². The fourth-order valence-corrected chi connectivity index (χ4v) is 3.40. The van der Waals surface area contributed by atoms with Gasteiger partial charge in [0.15, 0.2) is 0 Å². The Bertz CT molecular complexity index is 232. The number of hydrogen-bond acceptors (Lipinski definition) is 3. The van der Waals surface area contributed by atoms with E-state index < -0.39 is 0 Å². The van der Waals surface area contributed by atoms with E-state index in [1.165, 1.54) is 25.7 Å². The highest BCUT2D eigenvalue weighted by molar-refractivity contribution is 4.92. The van der Waals surface area contributed by atoms with Crippen molar-refractivity contribution in [2.75, 3.05) is 19.7 Å². The standard InChI is InChI=1S/C14H28N2O/c1-4-15-13-7-5-6-8-14(13)16-9-12(3)17-10-11(16)2/h11-15H,4-10H2,1-3H3. The Morgan fingerprint density at radius 3 is 2.76 bits per heavy atom. The van der Waals surface area contributed by atoms with Crippen molar-refractivity contribution in [1.82, 2.24) is 10.2 Å². The molecule has 0 spiro atoms. The molecule has 0 bridgehead atoms. The second-order valence-corrected chi connectivity index (χ2v) is 5.71. The zero-order chi connectivity index (χ0) is 12.3. The zero-order valence-electron chi connectivity index (χ0n) is 11.6. The molecule has 0 aromatic rings. The maximum Gasteiger partial charge on any atom is 0.0674 e. The third kappa shape index (κ3) is 3.21. The van der Waals surface area contributed by atoms with Crippen LogP contribution >= 0.6 is 0 Å². The molecule has 1 aliphatic carbocycles. The quantitative estimate of drug-likeness (QED) is 0.817. The molecule has 3 nitrogen and oxygen atoms in total. The lowest BCUT2D eigenvalue weighted by Crippen LogP contribution is -2.59. The second-order valence-electron chi connectivity index (χ2n) is 5.71. The van der Waals surface area contributed by atoms with Crippen molar-refractivity contribution in [3.05, 3.63) is 0 Å². The molecule has 100 valence electrons. The number of ether oxygens (including phenoxy) is 1. The van der Waals surface area contributed by atoms with Crippen LogP contribution in [-0.2, 0) is 4.74 Å². The molecule has 0 aromatic carbocycles. The van der Waals surface area contributed by atoms with Crippen LogP contribution in [0.1, 0.15) is 46.5 Å². The van der Waals surface area contributed by atoms with Crippen LogP contribution in [0.3, 0.4) is 0 Å². The summed E-state index contributed by atoms with van der Waals surface area (Å²) in [5.74, 6) is 0. The van der Waals surface area contributed by atoms with Crippen molar-refractivity contribution in [1.29, 1.82) is 0 Å². The highest BCUT2D eigenvalue weighted by atomic mass is 16.5. The summed E-state index contributed by atoms with van der Waals surface area (Å²) in [4.78, 5) is 2.70. The number of rotatable bonds is 3. The summed E-state index contributed by atoms with van der Waals surface area (Å²) in [5, 5.41) is 3.68. The molecule has 1 saturated heterocycles. The third-order valence-corrected chi connectivity index (χ3v) is 4.28. The minimum Gasteiger partial charge on any atom is -0.376 e. The van der Waals surface area contributed by atoms with Crippen LogP contribution in [-0.4, -0.2) is 48.8 Å². The molecular weight excluding hydrogens is 212 g/mol. The van der Waals surface area contributed by atoms with Crippen molar-refractivity contribution >= 4 is 0 Å². The summed E-state index contributed by atoms with van der Waals surface area (Å²) in [7, 11) is 0. The Balaban J connectivity index is 2.01. The van der Waals surface area contributed by atoms with Gasteiger partial charge < -0.3 is 10.1 Å². The van der Waals surface area contributed by atoms with Crippen molar-refractivity contribution < 1.29 is 4.74 Å². The minimum atomic E-state index is 0.399. The van der Waals surface area contributed by atoms with Gasteiger partial charge in [-0.2, -0.15) is 0 Å². The molecule has 3 heteroatoms.